The zero-order valence-corrected chi connectivity index (χ0v) is 12.4. The van der Waals surface area contributed by atoms with E-state index in [-0.39, 0.29) is 5.75 Å². The Hall–Kier alpha value is -0.490. The molecule has 18 heavy (non-hydrogen) atoms. The van der Waals surface area contributed by atoms with E-state index in [1.165, 1.54) is 31.0 Å². The van der Waals surface area contributed by atoms with E-state index in [0.29, 0.717) is 17.9 Å². The summed E-state index contributed by atoms with van der Waals surface area (Å²) in [7, 11) is -3.49. The van der Waals surface area contributed by atoms with Gasteiger partial charge in [0.1, 0.15) is 5.04 Å². The lowest BCUT2D eigenvalue weighted by Crippen LogP contribution is -2.08. The third-order valence-corrected chi connectivity index (χ3v) is 4.53. The molecule has 0 radical (unpaired) electrons. The molecule has 0 aliphatic carbocycles. The summed E-state index contributed by atoms with van der Waals surface area (Å²) in [6.45, 7) is 2.16. The normalized spacial score (nSPS) is 17.5. The molecule has 1 aliphatic rings. The lowest BCUT2D eigenvalue weighted by Gasteiger charge is -2.02. The fourth-order valence-electron chi connectivity index (χ4n) is 1.58. The monoisotopic (exact) mass is 291 g/mol. The van der Waals surface area contributed by atoms with Gasteiger partial charge < -0.3 is 0 Å². The Kier molecular flexibility index (Phi) is 7.42. The van der Waals surface area contributed by atoms with E-state index in [2.05, 4.69) is 16.4 Å². The predicted octanol–water partition coefficient (Wildman–Crippen LogP) is 3.66. The first kappa shape index (κ1) is 15.6. The van der Waals surface area contributed by atoms with Crippen LogP contribution in [0.4, 0.5) is 0 Å². The van der Waals surface area contributed by atoms with Crippen LogP contribution < -0.4 is 0 Å². The van der Waals surface area contributed by atoms with Gasteiger partial charge in [0.2, 0.25) is 0 Å². The number of oxime groups is 1. The van der Waals surface area contributed by atoms with Gasteiger partial charge in [-0.05, 0) is 11.8 Å². The Labute approximate surface area is 114 Å². The highest BCUT2D eigenvalue weighted by Gasteiger charge is 2.12. The predicted molar refractivity (Wildman–Crippen MR) is 77.0 cm³/mol. The summed E-state index contributed by atoms with van der Waals surface area (Å²) in [4.78, 5) is 0. The van der Waals surface area contributed by atoms with Crippen molar-refractivity contribution in [3.05, 3.63) is 11.5 Å². The van der Waals surface area contributed by atoms with Crippen molar-refractivity contribution in [2.24, 2.45) is 5.16 Å². The van der Waals surface area contributed by atoms with Gasteiger partial charge in [0.05, 0.1) is 5.75 Å². The van der Waals surface area contributed by atoms with E-state index in [4.69, 9.17) is 0 Å². The van der Waals surface area contributed by atoms with Gasteiger partial charge in [0.15, 0.2) is 0 Å². The zero-order valence-electron chi connectivity index (χ0n) is 10.8. The Morgan fingerprint density at radius 2 is 2.00 bits per heavy atom. The highest BCUT2D eigenvalue weighted by molar-refractivity contribution is 8.16. The minimum Gasteiger partial charge on any atom is -0.268 e. The lowest BCUT2D eigenvalue weighted by atomic mass is 10.1. The number of unbranched alkanes of at least 4 members (excludes halogenated alkanes) is 5. The van der Waals surface area contributed by atoms with Crippen molar-refractivity contribution in [3.8, 4) is 0 Å². The van der Waals surface area contributed by atoms with Crippen LogP contribution in [0, 0.1) is 0 Å². The molecule has 0 aromatic heterocycles. The van der Waals surface area contributed by atoms with Gasteiger partial charge in [0, 0.05) is 6.42 Å². The van der Waals surface area contributed by atoms with Gasteiger partial charge in [-0.25, -0.2) is 0 Å². The summed E-state index contributed by atoms with van der Waals surface area (Å²) in [5.41, 5.74) is 0. The molecule has 4 nitrogen and oxygen atoms in total. The molecule has 0 N–H and O–H groups in total. The molecule has 0 atom stereocenters. The third-order valence-electron chi connectivity index (χ3n) is 2.59. The van der Waals surface area contributed by atoms with Crippen LogP contribution in [-0.4, -0.2) is 19.2 Å². The van der Waals surface area contributed by atoms with Gasteiger partial charge >= 0.3 is 10.1 Å². The van der Waals surface area contributed by atoms with Gasteiger partial charge in [0.25, 0.3) is 0 Å². The highest BCUT2D eigenvalue weighted by atomic mass is 32.2. The first-order chi connectivity index (χ1) is 8.64. The number of hydrogen-bond acceptors (Lipinski definition) is 5. The van der Waals surface area contributed by atoms with Crippen molar-refractivity contribution in [2.45, 2.75) is 51.9 Å². The summed E-state index contributed by atoms with van der Waals surface area (Å²) < 4.78 is 27.7. The van der Waals surface area contributed by atoms with Crippen LogP contribution in [0.1, 0.15) is 51.9 Å². The van der Waals surface area contributed by atoms with Crippen molar-refractivity contribution in [1.82, 2.24) is 0 Å². The summed E-state index contributed by atoms with van der Waals surface area (Å²) >= 11 is 1.40. The fraction of sp³-hybridized carbons (Fsp3) is 0.750. The molecule has 0 fully saturated rings. The molecular formula is C12H21NO3S2. The zero-order chi connectivity index (χ0) is 13.3. The second-order valence-corrected chi connectivity index (χ2v) is 6.93. The molecule has 1 aliphatic heterocycles. The molecule has 0 aromatic rings. The number of nitrogens with zero attached hydrogens (tertiary/aromatic N) is 1. The van der Waals surface area contributed by atoms with E-state index < -0.39 is 10.1 Å². The molecule has 1 heterocycles. The first-order valence-corrected chi connectivity index (χ1v) is 8.89. The second kappa shape index (κ2) is 8.58. The molecule has 104 valence electrons. The maximum absolute atomic E-state index is 11.5. The number of allylic oxidation sites excluding steroid dienone is 1. The average molecular weight is 291 g/mol. The number of thioether (sulfide) groups is 1. The van der Waals surface area contributed by atoms with Gasteiger partial charge in [-0.3, -0.25) is 4.28 Å². The standard InChI is InChI=1S/C12H21NO3S2/c1-2-3-4-5-6-7-11-18(14,15)16-13-12-9-8-10-17-12/h8,10H,2-7,9,11H2,1H3/b13-12-. The molecule has 0 saturated heterocycles. The Morgan fingerprint density at radius 1 is 1.28 bits per heavy atom. The minimum absolute atomic E-state index is 0.0635. The molecule has 0 spiro atoms. The Bertz CT molecular complexity index is 378. The fourth-order valence-corrected chi connectivity index (χ4v) is 3.08. The summed E-state index contributed by atoms with van der Waals surface area (Å²) in [5.74, 6) is 0.0635. The molecule has 0 amide bonds. The van der Waals surface area contributed by atoms with Crippen LogP contribution in [0.15, 0.2) is 16.6 Å². The quantitative estimate of drug-likeness (QED) is 0.480. The second-order valence-electron chi connectivity index (χ2n) is 4.28. The van der Waals surface area contributed by atoms with E-state index >= 15 is 0 Å². The molecule has 0 unspecified atom stereocenters. The highest BCUT2D eigenvalue weighted by Crippen LogP contribution is 2.18. The van der Waals surface area contributed by atoms with Crippen LogP contribution >= 0.6 is 11.8 Å². The van der Waals surface area contributed by atoms with Gasteiger partial charge in [-0.15, -0.1) is 0 Å². The van der Waals surface area contributed by atoms with E-state index in [1.807, 2.05) is 11.5 Å². The lowest BCUT2D eigenvalue weighted by molar-refractivity contribution is 0.338. The maximum Gasteiger partial charge on any atom is 0.328 e. The van der Waals surface area contributed by atoms with Crippen molar-refractivity contribution in [3.63, 3.8) is 0 Å². The average Bonchev–Trinajstić information content (AvgIpc) is 2.84. The molecule has 1 rings (SSSR count). The topological polar surface area (TPSA) is 55.7 Å². The summed E-state index contributed by atoms with van der Waals surface area (Å²) in [6, 6.07) is 0. The summed E-state index contributed by atoms with van der Waals surface area (Å²) in [5, 5.41) is 6.23. The molecule has 0 aromatic carbocycles. The number of rotatable bonds is 9. The van der Waals surface area contributed by atoms with Crippen LogP contribution in [0.5, 0.6) is 0 Å². The molecule has 6 heteroatoms. The third kappa shape index (κ3) is 7.06. The SMILES string of the molecule is CCCCCCCCS(=O)(=O)O/N=C1/CC=CS1. The van der Waals surface area contributed by atoms with Crippen LogP contribution in [0.25, 0.3) is 0 Å². The largest absolute Gasteiger partial charge is 0.328 e. The smallest absolute Gasteiger partial charge is 0.268 e. The van der Waals surface area contributed by atoms with Crippen LogP contribution in [0.3, 0.4) is 0 Å². The van der Waals surface area contributed by atoms with Crippen LogP contribution in [0.2, 0.25) is 0 Å². The van der Waals surface area contributed by atoms with Gasteiger partial charge in [-0.1, -0.05) is 62.0 Å². The van der Waals surface area contributed by atoms with Crippen molar-refractivity contribution >= 4 is 26.9 Å². The summed E-state index contributed by atoms with van der Waals surface area (Å²) in [6.07, 6.45) is 8.88. The van der Waals surface area contributed by atoms with Crippen molar-refractivity contribution < 1.29 is 12.7 Å². The van der Waals surface area contributed by atoms with Crippen molar-refractivity contribution in [1.29, 1.82) is 0 Å². The van der Waals surface area contributed by atoms with E-state index in [0.717, 1.165) is 12.8 Å². The Morgan fingerprint density at radius 3 is 2.67 bits per heavy atom. The first-order valence-electron chi connectivity index (χ1n) is 6.44. The van der Waals surface area contributed by atoms with Crippen LogP contribution in [-0.2, 0) is 14.4 Å². The van der Waals surface area contributed by atoms with E-state index in [1.54, 1.807) is 0 Å². The van der Waals surface area contributed by atoms with E-state index in [9.17, 15) is 8.42 Å². The molecule has 0 bridgehead atoms. The Balaban J connectivity index is 2.13. The van der Waals surface area contributed by atoms with Gasteiger partial charge in [-0.2, -0.15) is 8.42 Å². The number of hydrogen-bond donors (Lipinski definition) is 0. The minimum atomic E-state index is -3.49. The maximum atomic E-state index is 11.5. The van der Waals surface area contributed by atoms with Crippen molar-refractivity contribution in [2.75, 3.05) is 5.75 Å². The molecule has 0 saturated carbocycles. The molecular weight excluding hydrogens is 270 g/mol.